The van der Waals surface area contributed by atoms with E-state index in [4.69, 9.17) is 0 Å². The number of hydrogen-bond donors (Lipinski definition) is 1. The first kappa shape index (κ1) is 10.7. The summed E-state index contributed by atoms with van der Waals surface area (Å²) >= 11 is 0. The van der Waals surface area contributed by atoms with E-state index in [9.17, 15) is 9.59 Å². The van der Waals surface area contributed by atoms with Crippen LogP contribution in [-0.2, 0) is 9.59 Å². The number of fused-ring (bicyclic) bond motifs is 1. The summed E-state index contributed by atoms with van der Waals surface area (Å²) in [6.45, 7) is 6.72. The summed E-state index contributed by atoms with van der Waals surface area (Å²) < 4.78 is 0. The number of rotatable bonds is 0. The molecule has 3 heteroatoms. The van der Waals surface area contributed by atoms with Crippen molar-refractivity contribution in [3.8, 4) is 0 Å². The molecule has 2 atom stereocenters. The molecule has 15 heavy (non-hydrogen) atoms. The first-order valence-corrected chi connectivity index (χ1v) is 5.70. The molecule has 1 saturated heterocycles. The van der Waals surface area contributed by atoms with Crippen LogP contribution < -0.4 is 5.32 Å². The van der Waals surface area contributed by atoms with E-state index in [1.807, 2.05) is 20.8 Å². The summed E-state index contributed by atoms with van der Waals surface area (Å²) in [7, 11) is 0. The highest BCUT2D eigenvalue weighted by molar-refractivity contribution is 5.91. The van der Waals surface area contributed by atoms with Gasteiger partial charge in [-0.05, 0) is 18.8 Å². The Labute approximate surface area is 90.6 Å². The number of nitrogens with one attached hydrogen (secondary N) is 1. The molecule has 1 heterocycles. The molecule has 1 aliphatic carbocycles. The monoisotopic (exact) mass is 209 g/mol. The van der Waals surface area contributed by atoms with Gasteiger partial charge >= 0.3 is 0 Å². The molecular formula is C12H19NO2. The minimum absolute atomic E-state index is 0.138. The zero-order chi connectivity index (χ0) is 11.3. The molecule has 1 amide bonds. The van der Waals surface area contributed by atoms with Crippen LogP contribution in [0, 0.1) is 16.7 Å². The molecule has 2 aliphatic rings. The minimum atomic E-state index is -0.329. The van der Waals surface area contributed by atoms with Crippen LogP contribution in [-0.4, -0.2) is 18.2 Å². The molecule has 2 rings (SSSR count). The van der Waals surface area contributed by atoms with Crippen molar-refractivity contribution in [2.45, 2.75) is 40.0 Å². The smallest absolute Gasteiger partial charge is 0.226 e. The van der Waals surface area contributed by atoms with Crippen molar-refractivity contribution in [1.29, 1.82) is 0 Å². The molecule has 0 radical (unpaired) electrons. The lowest BCUT2D eigenvalue weighted by atomic mass is 9.53. The maximum atomic E-state index is 11.9. The summed E-state index contributed by atoms with van der Waals surface area (Å²) in [5, 5.41) is 2.92. The van der Waals surface area contributed by atoms with Gasteiger partial charge in [-0.3, -0.25) is 9.59 Å². The van der Waals surface area contributed by atoms with Gasteiger partial charge in [0, 0.05) is 18.4 Å². The van der Waals surface area contributed by atoms with Gasteiger partial charge in [0.25, 0.3) is 0 Å². The number of ketones is 1. The normalized spacial score (nSPS) is 39.5. The maximum absolute atomic E-state index is 11.9. The SMILES string of the molecule is CC1(C)C(=O)CCC2(C)C(=O)NCCC12. The average molecular weight is 209 g/mol. The van der Waals surface area contributed by atoms with Crippen molar-refractivity contribution in [3.05, 3.63) is 0 Å². The predicted molar refractivity (Wildman–Crippen MR) is 57.2 cm³/mol. The third-order valence-corrected chi connectivity index (χ3v) is 4.47. The number of carbonyl (C=O) groups excluding carboxylic acids is 2. The Hall–Kier alpha value is -0.860. The van der Waals surface area contributed by atoms with Crippen LogP contribution in [0.2, 0.25) is 0 Å². The Morgan fingerprint density at radius 1 is 1.27 bits per heavy atom. The summed E-state index contributed by atoms with van der Waals surface area (Å²) in [4.78, 5) is 23.8. The van der Waals surface area contributed by atoms with E-state index < -0.39 is 0 Å². The predicted octanol–water partition coefficient (Wildman–Crippen LogP) is 1.52. The van der Waals surface area contributed by atoms with Crippen LogP contribution >= 0.6 is 0 Å². The lowest BCUT2D eigenvalue weighted by Crippen LogP contribution is -2.58. The van der Waals surface area contributed by atoms with E-state index in [-0.39, 0.29) is 22.7 Å². The van der Waals surface area contributed by atoms with Crippen LogP contribution in [0.15, 0.2) is 0 Å². The highest BCUT2D eigenvalue weighted by Crippen LogP contribution is 2.52. The van der Waals surface area contributed by atoms with E-state index in [1.54, 1.807) is 0 Å². The quantitative estimate of drug-likeness (QED) is 0.657. The van der Waals surface area contributed by atoms with Gasteiger partial charge in [-0.2, -0.15) is 0 Å². The molecule has 84 valence electrons. The lowest BCUT2D eigenvalue weighted by molar-refractivity contribution is -0.154. The van der Waals surface area contributed by atoms with Crippen molar-refractivity contribution in [2.24, 2.45) is 16.7 Å². The number of piperidine rings is 1. The standard InChI is InChI=1S/C12H19NO2/c1-11(2)8-5-7-13-10(15)12(8,3)6-4-9(11)14/h8H,4-7H2,1-3H3,(H,13,15). The first-order chi connectivity index (χ1) is 6.89. The van der Waals surface area contributed by atoms with Crippen molar-refractivity contribution in [2.75, 3.05) is 6.54 Å². The fraction of sp³-hybridized carbons (Fsp3) is 0.833. The highest BCUT2D eigenvalue weighted by Gasteiger charge is 2.55. The summed E-state index contributed by atoms with van der Waals surface area (Å²) in [6.07, 6.45) is 2.19. The number of hydrogen-bond acceptors (Lipinski definition) is 2. The summed E-state index contributed by atoms with van der Waals surface area (Å²) in [6, 6.07) is 0. The molecule has 1 N–H and O–H groups in total. The fourth-order valence-corrected chi connectivity index (χ4v) is 3.34. The third-order valence-electron chi connectivity index (χ3n) is 4.47. The van der Waals surface area contributed by atoms with E-state index in [1.165, 1.54) is 0 Å². The Kier molecular flexibility index (Phi) is 2.18. The average Bonchev–Trinajstić information content (AvgIpc) is 2.16. The first-order valence-electron chi connectivity index (χ1n) is 5.70. The largest absolute Gasteiger partial charge is 0.356 e. The second-order valence-corrected chi connectivity index (χ2v) is 5.66. The van der Waals surface area contributed by atoms with Crippen molar-refractivity contribution < 1.29 is 9.59 Å². The van der Waals surface area contributed by atoms with Gasteiger partial charge in [-0.15, -0.1) is 0 Å². The maximum Gasteiger partial charge on any atom is 0.226 e. The zero-order valence-electron chi connectivity index (χ0n) is 9.72. The number of amides is 1. The van der Waals surface area contributed by atoms with Crippen LogP contribution in [0.5, 0.6) is 0 Å². The van der Waals surface area contributed by atoms with Crippen LogP contribution in [0.25, 0.3) is 0 Å². The Bertz CT molecular complexity index is 322. The third kappa shape index (κ3) is 1.32. The molecule has 1 saturated carbocycles. The minimum Gasteiger partial charge on any atom is -0.356 e. The van der Waals surface area contributed by atoms with Crippen molar-refractivity contribution >= 4 is 11.7 Å². The van der Waals surface area contributed by atoms with Gasteiger partial charge in [0.15, 0.2) is 0 Å². The molecule has 1 aliphatic heterocycles. The number of carbonyl (C=O) groups is 2. The lowest BCUT2D eigenvalue weighted by Gasteiger charge is -2.51. The van der Waals surface area contributed by atoms with E-state index in [0.717, 1.165) is 13.0 Å². The molecule has 0 aromatic rings. The zero-order valence-corrected chi connectivity index (χ0v) is 9.72. The molecule has 0 spiro atoms. The van der Waals surface area contributed by atoms with Crippen LogP contribution in [0.1, 0.15) is 40.0 Å². The van der Waals surface area contributed by atoms with Gasteiger partial charge in [0.2, 0.25) is 5.91 Å². The van der Waals surface area contributed by atoms with Gasteiger partial charge in [-0.1, -0.05) is 20.8 Å². The van der Waals surface area contributed by atoms with Crippen LogP contribution in [0.4, 0.5) is 0 Å². The van der Waals surface area contributed by atoms with Gasteiger partial charge in [-0.25, -0.2) is 0 Å². The molecule has 0 aromatic heterocycles. The molecule has 0 bridgehead atoms. The molecule has 2 fully saturated rings. The van der Waals surface area contributed by atoms with Crippen LogP contribution in [0.3, 0.4) is 0 Å². The van der Waals surface area contributed by atoms with Crippen molar-refractivity contribution in [3.63, 3.8) is 0 Å². The highest BCUT2D eigenvalue weighted by atomic mass is 16.2. The Morgan fingerprint density at radius 3 is 2.60 bits per heavy atom. The molecular weight excluding hydrogens is 190 g/mol. The van der Waals surface area contributed by atoms with E-state index in [2.05, 4.69) is 5.32 Å². The van der Waals surface area contributed by atoms with Crippen molar-refractivity contribution in [1.82, 2.24) is 5.32 Å². The summed E-state index contributed by atoms with van der Waals surface area (Å²) in [5.41, 5.74) is -0.652. The van der Waals surface area contributed by atoms with Gasteiger partial charge < -0.3 is 5.32 Å². The Morgan fingerprint density at radius 2 is 1.93 bits per heavy atom. The van der Waals surface area contributed by atoms with Gasteiger partial charge in [0.05, 0.1) is 5.41 Å². The molecule has 3 nitrogen and oxygen atoms in total. The molecule has 0 aromatic carbocycles. The topological polar surface area (TPSA) is 46.2 Å². The second-order valence-electron chi connectivity index (χ2n) is 5.66. The Balaban J connectivity index is 2.39. The second kappa shape index (κ2) is 3.06. The van der Waals surface area contributed by atoms with E-state index in [0.29, 0.717) is 18.6 Å². The number of Topliss-reactive ketones (excluding diaryl/α,β-unsaturated/α-hetero) is 1. The summed E-state index contributed by atoms with van der Waals surface area (Å²) in [5.74, 6) is 0.666. The fourth-order valence-electron chi connectivity index (χ4n) is 3.34. The molecule has 2 unspecified atom stereocenters. The van der Waals surface area contributed by atoms with E-state index >= 15 is 0 Å². The van der Waals surface area contributed by atoms with Gasteiger partial charge in [0.1, 0.15) is 5.78 Å².